The van der Waals surface area contributed by atoms with E-state index in [1.165, 1.54) is 0 Å². The Labute approximate surface area is 160 Å². The van der Waals surface area contributed by atoms with E-state index in [1.54, 1.807) is 43.3 Å². The van der Waals surface area contributed by atoms with Crippen molar-refractivity contribution in [1.29, 1.82) is 0 Å². The number of halogens is 2. The summed E-state index contributed by atoms with van der Waals surface area (Å²) in [6, 6.07) is 10.1. The molecule has 1 atom stereocenters. The molecule has 138 valence electrons. The van der Waals surface area contributed by atoms with Crippen LogP contribution in [0.3, 0.4) is 0 Å². The van der Waals surface area contributed by atoms with Crippen LogP contribution >= 0.6 is 23.2 Å². The maximum absolute atomic E-state index is 12.1. The van der Waals surface area contributed by atoms with Gasteiger partial charge in [-0.3, -0.25) is 4.79 Å². The van der Waals surface area contributed by atoms with Gasteiger partial charge >= 0.3 is 0 Å². The monoisotopic (exact) mass is 397 g/mol. The summed E-state index contributed by atoms with van der Waals surface area (Å²) in [7, 11) is 0. The number of fused-ring (bicyclic) bond motifs is 1. The molecule has 3 rings (SSSR count). The number of rotatable bonds is 7. The first-order chi connectivity index (χ1) is 12.5. The molecule has 0 radical (unpaired) electrons. The van der Waals surface area contributed by atoms with Crippen molar-refractivity contribution < 1.29 is 23.7 Å². The molecular formula is C18H17Cl2NO5. The predicted octanol–water partition coefficient (Wildman–Crippen LogP) is 3.68. The molecule has 6 nitrogen and oxygen atoms in total. The molecule has 0 bridgehead atoms. The molecule has 0 fully saturated rings. The van der Waals surface area contributed by atoms with Gasteiger partial charge in [0.2, 0.25) is 6.79 Å². The number of nitrogens with one attached hydrogen (secondary N) is 1. The van der Waals surface area contributed by atoms with Gasteiger partial charge in [-0.15, -0.1) is 0 Å². The number of carbonyl (C=O) groups excluding carboxylic acids is 1. The summed E-state index contributed by atoms with van der Waals surface area (Å²) in [5.41, 5.74) is 0. The zero-order chi connectivity index (χ0) is 18.5. The molecule has 0 aromatic heterocycles. The van der Waals surface area contributed by atoms with E-state index in [-0.39, 0.29) is 12.7 Å². The Bertz CT molecular complexity index is 799. The zero-order valence-corrected chi connectivity index (χ0v) is 15.5. The second-order valence-corrected chi connectivity index (χ2v) is 6.33. The first-order valence-electron chi connectivity index (χ1n) is 7.95. The fourth-order valence-corrected chi connectivity index (χ4v) is 2.72. The van der Waals surface area contributed by atoms with Crippen LogP contribution in [0.15, 0.2) is 36.4 Å². The van der Waals surface area contributed by atoms with Crippen molar-refractivity contribution in [3.8, 4) is 23.0 Å². The van der Waals surface area contributed by atoms with Crippen LogP contribution in [0.2, 0.25) is 10.0 Å². The summed E-state index contributed by atoms with van der Waals surface area (Å²) in [5.74, 6) is 2.10. The molecule has 0 aliphatic carbocycles. The maximum Gasteiger partial charge on any atom is 0.260 e. The minimum absolute atomic E-state index is 0.213. The van der Waals surface area contributed by atoms with Crippen LogP contribution in [0.5, 0.6) is 23.0 Å². The van der Waals surface area contributed by atoms with Crippen LogP contribution in [0.4, 0.5) is 0 Å². The van der Waals surface area contributed by atoms with Gasteiger partial charge < -0.3 is 24.3 Å². The van der Waals surface area contributed by atoms with Crippen LogP contribution in [0, 0.1) is 0 Å². The van der Waals surface area contributed by atoms with E-state index in [0.717, 1.165) is 0 Å². The van der Waals surface area contributed by atoms with Crippen molar-refractivity contribution in [1.82, 2.24) is 5.32 Å². The molecule has 26 heavy (non-hydrogen) atoms. The summed E-state index contributed by atoms with van der Waals surface area (Å²) in [6.45, 7) is 2.48. The van der Waals surface area contributed by atoms with Gasteiger partial charge in [0.25, 0.3) is 5.91 Å². The van der Waals surface area contributed by atoms with Crippen molar-refractivity contribution in [3.63, 3.8) is 0 Å². The maximum atomic E-state index is 12.1. The highest BCUT2D eigenvalue weighted by Gasteiger charge is 2.16. The normalized spacial score (nSPS) is 13.2. The number of carbonyl (C=O) groups is 1. The molecule has 1 aliphatic heterocycles. The molecule has 8 heteroatoms. The molecule has 0 spiro atoms. The molecule has 1 N–H and O–H groups in total. The van der Waals surface area contributed by atoms with E-state index in [1.807, 2.05) is 0 Å². The molecule has 0 saturated heterocycles. The van der Waals surface area contributed by atoms with E-state index in [9.17, 15) is 4.79 Å². The van der Waals surface area contributed by atoms with E-state index in [0.29, 0.717) is 46.2 Å². The third-order valence-corrected chi connectivity index (χ3v) is 4.11. The molecule has 1 aliphatic rings. The smallest absolute Gasteiger partial charge is 0.260 e. The van der Waals surface area contributed by atoms with Crippen LogP contribution in [-0.2, 0) is 4.79 Å². The SMILES string of the molecule is CC(Oc1ccc(Cl)cc1Cl)C(=O)NCCOc1ccc2c(c1)OCO2. The summed E-state index contributed by atoms with van der Waals surface area (Å²) in [4.78, 5) is 12.1. The van der Waals surface area contributed by atoms with E-state index in [2.05, 4.69) is 5.32 Å². The Balaban J connectivity index is 1.42. The van der Waals surface area contributed by atoms with Crippen molar-refractivity contribution in [3.05, 3.63) is 46.4 Å². The summed E-state index contributed by atoms with van der Waals surface area (Å²) in [6.07, 6.45) is -0.709. The van der Waals surface area contributed by atoms with Crippen molar-refractivity contribution >= 4 is 29.1 Å². The third-order valence-electron chi connectivity index (χ3n) is 3.58. The van der Waals surface area contributed by atoms with Crippen LogP contribution in [0.1, 0.15) is 6.92 Å². The lowest BCUT2D eigenvalue weighted by molar-refractivity contribution is -0.127. The fraction of sp³-hybridized carbons (Fsp3) is 0.278. The highest BCUT2D eigenvalue weighted by Crippen LogP contribution is 2.35. The molecule has 2 aromatic rings. The van der Waals surface area contributed by atoms with Gasteiger partial charge in [0.15, 0.2) is 17.6 Å². The zero-order valence-electron chi connectivity index (χ0n) is 14.0. The van der Waals surface area contributed by atoms with Gasteiger partial charge in [-0.05, 0) is 37.3 Å². The quantitative estimate of drug-likeness (QED) is 0.721. The van der Waals surface area contributed by atoms with E-state index >= 15 is 0 Å². The third kappa shape index (κ3) is 4.65. The highest BCUT2D eigenvalue weighted by molar-refractivity contribution is 6.35. The Hall–Kier alpha value is -2.31. The minimum atomic E-state index is -0.709. The average molecular weight is 398 g/mol. The van der Waals surface area contributed by atoms with Crippen LogP contribution in [-0.4, -0.2) is 32.0 Å². The lowest BCUT2D eigenvalue weighted by atomic mass is 10.3. The van der Waals surface area contributed by atoms with Gasteiger partial charge in [0, 0.05) is 11.1 Å². The van der Waals surface area contributed by atoms with Gasteiger partial charge in [0.05, 0.1) is 11.6 Å². The summed E-state index contributed by atoms with van der Waals surface area (Å²) >= 11 is 11.9. The average Bonchev–Trinajstić information content (AvgIpc) is 3.08. The number of ether oxygens (including phenoxy) is 4. The first-order valence-corrected chi connectivity index (χ1v) is 8.70. The summed E-state index contributed by atoms with van der Waals surface area (Å²) in [5, 5.41) is 3.59. The second-order valence-electron chi connectivity index (χ2n) is 5.49. The molecule has 1 amide bonds. The Kier molecular flexibility index (Phi) is 5.96. The van der Waals surface area contributed by atoms with Gasteiger partial charge in [-0.25, -0.2) is 0 Å². The van der Waals surface area contributed by atoms with Crippen molar-refractivity contribution in [2.75, 3.05) is 19.9 Å². The number of hydrogen-bond acceptors (Lipinski definition) is 5. The lowest BCUT2D eigenvalue weighted by Crippen LogP contribution is -2.38. The van der Waals surface area contributed by atoms with Crippen LogP contribution < -0.4 is 24.3 Å². The molecule has 2 aromatic carbocycles. The lowest BCUT2D eigenvalue weighted by Gasteiger charge is -2.16. The van der Waals surface area contributed by atoms with Gasteiger partial charge in [-0.2, -0.15) is 0 Å². The second kappa shape index (κ2) is 8.38. The first kappa shape index (κ1) is 18.5. The summed E-state index contributed by atoms with van der Waals surface area (Å²) < 4.78 is 21.7. The van der Waals surface area contributed by atoms with Crippen LogP contribution in [0.25, 0.3) is 0 Å². The predicted molar refractivity (Wildman–Crippen MR) is 97.6 cm³/mol. The van der Waals surface area contributed by atoms with Crippen molar-refractivity contribution in [2.24, 2.45) is 0 Å². The molecule has 0 saturated carbocycles. The number of hydrogen-bond donors (Lipinski definition) is 1. The van der Waals surface area contributed by atoms with Gasteiger partial charge in [0.1, 0.15) is 18.1 Å². The highest BCUT2D eigenvalue weighted by atomic mass is 35.5. The topological polar surface area (TPSA) is 66.0 Å². The Morgan fingerprint density at radius 2 is 2.00 bits per heavy atom. The Morgan fingerprint density at radius 3 is 2.81 bits per heavy atom. The molecule has 1 unspecified atom stereocenters. The fourth-order valence-electron chi connectivity index (χ4n) is 2.27. The number of amides is 1. The standard InChI is InChI=1S/C18H17Cl2NO5/c1-11(26-15-4-2-12(19)8-14(15)20)18(22)21-6-7-23-13-3-5-16-17(9-13)25-10-24-16/h2-5,8-9,11H,6-7,10H2,1H3,(H,21,22). The van der Waals surface area contributed by atoms with Gasteiger partial charge in [-0.1, -0.05) is 23.2 Å². The minimum Gasteiger partial charge on any atom is -0.492 e. The molecular weight excluding hydrogens is 381 g/mol. The number of benzene rings is 2. The Morgan fingerprint density at radius 1 is 1.19 bits per heavy atom. The molecule has 1 heterocycles. The largest absolute Gasteiger partial charge is 0.492 e. The van der Waals surface area contributed by atoms with E-state index < -0.39 is 6.10 Å². The van der Waals surface area contributed by atoms with Crippen molar-refractivity contribution in [2.45, 2.75) is 13.0 Å². The van der Waals surface area contributed by atoms with E-state index in [4.69, 9.17) is 42.1 Å².